The SMILES string of the molecule is COc1ccc(Nc2cc(N[O-])ccn2)cc1F. The van der Waals surface area contributed by atoms with Gasteiger partial charge in [-0.2, -0.15) is 0 Å². The maximum absolute atomic E-state index is 13.5. The summed E-state index contributed by atoms with van der Waals surface area (Å²) in [6, 6.07) is 7.51. The molecule has 0 saturated carbocycles. The zero-order valence-corrected chi connectivity index (χ0v) is 9.61. The van der Waals surface area contributed by atoms with Gasteiger partial charge in [-0.3, -0.25) is 0 Å². The van der Waals surface area contributed by atoms with Crippen LogP contribution in [0.25, 0.3) is 0 Å². The van der Waals surface area contributed by atoms with Gasteiger partial charge < -0.3 is 20.7 Å². The molecular weight excluding hydrogens is 237 g/mol. The van der Waals surface area contributed by atoms with Crippen molar-refractivity contribution in [2.45, 2.75) is 0 Å². The minimum atomic E-state index is -0.472. The number of nitrogens with zero attached hydrogens (tertiary/aromatic N) is 1. The number of hydrogen-bond donors (Lipinski definition) is 2. The number of nitrogens with one attached hydrogen (secondary N) is 2. The second kappa shape index (κ2) is 5.33. The normalized spacial score (nSPS) is 9.94. The van der Waals surface area contributed by atoms with Gasteiger partial charge in [-0.25, -0.2) is 9.37 Å². The van der Waals surface area contributed by atoms with E-state index in [0.29, 0.717) is 17.2 Å². The average molecular weight is 248 g/mol. The van der Waals surface area contributed by atoms with Gasteiger partial charge in [-0.05, 0) is 18.2 Å². The van der Waals surface area contributed by atoms with E-state index in [1.807, 2.05) is 0 Å². The Balaban J connectivity index is 2.20. The standard InChI is InChI=1S/C12H11FN3O2/c1-18-11-3-2-8(6-10(11)13)15-12-7-9(16-17)4-5-14-12/h2-7H,1H3,(H2-,14,15,16,17)/q-1. The Hall–Kier alpha value is -2.34. The summed E-state index contributed by atoms with van der Waals surface area (Å²) in [6.45, 7) is 0. The molecule has 0 unspecified atom stereocenters. The number of anilines is 3. The number of aromatic nitrogens is 1. The van der Waals surface area contributed by atoms with E-state index in [1.54, 1.807) is 11.5 Å². The van der Waals surface area contributed by atoms with E-state index in [1.165, 1.54) is 37.6 Å². The van der Waals surface area contributed by atoms with Crippen LogP contribution in [0.2, 0.25) is 0 Å². The number of pyridine rings is 1. The van der Waals surface area contributed by atoms with Crippen LogP contribution in [0.3, 0.4) is 0 Å². The Kier molecular flexibility index (Phi) is 3.59. The van der Waals surface area contributed by atoms with E-state index >= 15 is 0 Å². The van der Waals surface area contributed by atoms with Gasteiger partial charge in [-0.1, -0.05) is 0 Å². The van der Waals surface area contributed by atoms with Gasteiger partial charge in [0.25, 0.3) is 0 Å². The molecule has 18 heavy (non-hydrogen) atoms. The monoisotopic (exact) mass is 248 g/mol. The molecule has 0 fully saturated rings. The fourth-order valence-corrected chi connectivity index (χ4v) is 1.45. The Morgan fingerprint density at radius 2 is 2.06 bits per heavy atom. The minimum Gasteiger partial charge on any atom is -0.761 e. The minimum absolute atomic E-state index is 0.170. The van der Waals surface area contributed by atoms with Gasteiger partial charge in [0.05, 0.1) is 7.11 Å². The fraction of sp³-hybridized carbons (Fsp3) is 0.0833. The summed E-state index contributed by atoms with van der Waals surface area (Å²) in [6.07, 6.45) is 1.47. The lowest BCUT2D eigenvalue weighted by atomic mass is 10.3. The zero-order chi connectivity index (χ0) is 13.0. The molecule has 5 nitrogen and oxygen atoms in total. The first kappa shape index (κ1) is 12.1. The molecule has 0 spiro atoms. The van der Waals surface area contributed by atoms with Crippen molar-refractivity contribution < 1.29 is 9.13 Å². The first-order chi connectivity index (χ1) is 8.72. The predicted molar refractivity (Wildman–Crippen MR) is 67.5 cm³/mol. The van der Waals surface area contributed by atoms with Crippen molar-refractivity contribution in [3.05, 3.63) is 47.6 Å². The molecule has 0 aliphatic carbocycles. The van der Waals surface area contributed by atoms with Gasteiger partial charge in [0.15, 0.2) is 11.6 Å². The van der Waals surface area contributed by atoms with Gasteiger partial charge >= 0.3 is 0 Å². The van der Waals surface area contributed by atoms with Gasteiger partial charge in [-0.15, -0.1) is 0 Å². The van der Waals surface area contributed by atoms with Gasteiger partial charge in [0, 0.05) is 29.7 Å². The van der Waals surface area contributed by atoms with Crippen LogP contribution in [0.15, 0.2) is 36.5 Å². The van der Waals surface area contributed by atoms with Crippen molar-refractivity contribution >= 4 is 17.2 Å². The first-order valence-electron chi connectivity index (χ1n) is 5.17. The number of rotatable bonds is 4. The van der Waals surface area contributed by atoms with Crippen LogP contribution in [0.4, 0.5) is 21.6 Å². The summed E-state index contributed by atoms with van der Waals surface area (Å²) in [5, 5.41) is 13.4. The van der Waals surface area contributed by atoms with Crippen molar-refractivity contribution in [3.63, 3.8) is 0 Å². The molecule has 0 amide bonds. The predicted octanol–water partition coefficient (Wildman–Crippen LogP) is 2.88. The summed E-state index contributed by atoms with van der Waals surface area (Å²) in [4.78, 5) is 4.01. The Labute approximate surface area is 103 Å². The van der Waals surface area contributed by atoms with Crippen LogP contribution in [0.1, 0.15) is 0 Å². The molecule has 2 N–H and O–H groups in total. The molecule has 0 atom stereocenters. The zero-order valence-electron chi connectivity index (χ0n) is 9.61. The topological polar surface area (TPSA) is 69.2 Å². The number of ether oxygens (including phenoxy) is 1. The third-order valence-electron chi connectivity index (χ3n) is 2.30. The number of halogens is 1. The molecule has 94 valence electrons. The molecular formula is C12H11FN3O2-. The lowest BCUT2D eigenvalue weighted by Gasteiger charge is -2.11. The largest absolute Gasteiger partial charge is 0.761 e. The maximum atomic E-state index is 13.5. The maximum Gasteiger partial charge on any atom is 0.167 e. The van der Waals surface area contributed by atoms with E-state index in [0.717, 1.165) is 0 Å². The van der Waals surface area contributed by atoms with Crippen molar-refractivity contribution in [2.75, 3.05) is 17.9 Å². The second-order valence-electron chi connectivity index (χ2n) is 3.51. The summed E-state index contributed by atoms with van der Waals surface area (Å²) in [5.74, 6) is 0.143. The van der Waals surface area contributed by atoms with Crippen LogP contribution in [-0.2, 0) is 0 Å². The molecule has 2 aromatic rings. The van der Waals surface area contributed by atoms with Crippen LogP contribution in [0, 0.1) is 11.0 Å². The molecule has 1 heterocycles. The Morgan fingerprint density at radius 1 is 1.22 bits per heavy atom. The molecule has 0 aliphatic rings. The van der Waals surface area contributed by atoms with Crippen LogP contribution in [0.5, 0.6) is 5.75 Å². The first-order valence-corrected chi connectivity index (χ1v) is 5.17. The number of methoxy groups -OCH3 is 1. The lowest BCUT2D eigenvalue weighted by molar-refractivity contribution is 0.386. The third kappa shape index (κ3) is 2.67. The molecule has 1 aromatic heterocycles. The highest BCUT2D eigenvalue weighted by Crippen LogP contribution is 2.23. The van der Waals surface area contributed by atoms with E-state index in [4.69, 9.17) is 4.74 Å². The average Bonchev–Trinajstić information content (AvgIpc) is 2.39. The molecule has 0 radical (unpaired) electrons. The van der Waals surface area contributed by atoms with Crippen molar-refractivity contribution in [3.8, 4) is 5.75 Å². The summed E-state index contributed by atoms with van der Waals surface area (Å²) >= 11 is 0. The van der Waals surface area contributed by atoms with Crippen molar-refractivity contribution in [2.24, 2.45) is 0 Å². The Morgan fingerprint density at radius 3 is 2.72 bits per heavy atom. The number of hydrogen-bond acceptors (Lipinski definition) is 5. The van der Waals surface area contributed by atoms with E-state index in [-0.39, 0.29) is 5.75 Å². The summed E-state index contributed by atoms with van der Waals surface area (Å²) in [7, 11) is 1.40. The number of benzene rings is 1. The second-order valence-corrected chi connectivity index (χ2v) is 3.51. The fourth-order valence-electron chi connectivity index (χ4n) is 1.45. The molecule has 6 heteroatoms. The third-order valence-corrected chi connectivity index (χ3v) is 2.30. The highest BCUT2D eigenvalue weighted by Gasteiger charge is 2.04. The highest BCUT2D eigenvalue weighted by molar-refractivity contribution is 5.61. The van der Waals surface area contributed by atoms with Gasteiger partial charge in [0.2, 0.25) is 0 Å². The van der Waals surface area contributed by atoms with Gasteiger partial charge in [0.1, 0.15) is 5.82 Å². The molecule has 2 rings (SSSR count). The Bertz CT molecular complexity index is 549. The van der Waals surface area contributed by atoms with E-state index in [2.05, 4.69) is 10.3 Å². The molecule has 0 saturated heterocycles. The van der Waals surface area contributed by atoms with Crippen molar-refractivity contribution in [1.29, 1.82) is 0 Å². The van der Waals surface area contributed by atoms with E-state index < -0.39 is 5.82 Å². The molecule has 1 aromatic carbocycles. The smallest absolute Gasteiger partial charge is 0.167 e. The quantitative estimate of drug-likeness (QED) is 0.814. The highest BCUT2D eigenvalue weighted by atomic mass is 19.1. The van der Waals surface area contributed by atoms with Crippen LogP contribution in [-0.4, -0.2) is 12.1 Å². The lowest BCUT2D eigenvalue weighted by Crippen LogP contribution is -1.96. The summed E-state index contributed by atoms with van der Waals surface area (Å²) < 4.78 is 18.3. The van der Waals surface area contributed by atoms with E-state index in [9.17, 15) is 9.60 Å². The molecule has 0 bridgehead atoms. The van der Waals surface area contributed by atoms with Crippen LogP contribution >= 0.6 is 0 Å². The summed E-state index contributed by atoms with van der Waals surface area (Å²) in [5.41, 5.74) is 2.65. The molecule has 0 aliphatic heterocycles. The van der Waals surface area contributed by atoms with Crippen LogP contribution < -0.4 is 15.5 Å². The van der Waals surface area contributed by atoms with Crippen molar-refractivity contribution in [1.82, 2.24) is 4.98 Å².